The van der Waals surface area contributed by atoms with Gasteiger partial charge in [0.25, 0.3) is 0 Å². The van der Waals surface area contributed by atoms with E-state index >= 15 is 0 Å². The molecule has 1 heterocycles. The van der Waals surface area contributed by atoms with E-state index in [-0.39, 0.29) is 0 Å². The Labute approximate surface area is 152 Å². The van der Waals surface area contributed by atoms with E-state index in [4.69, 9.17) is 9.73 Å². The van der Waals surface area contributed by atoms with Gasteiger partial charge in [0.2, 0.25) is 0 Å². The van der Waals surface area contributed by atoms with Crippen molar-refractivity contribution in [2.45, 2.75) is 41.7 Å². The SMILES string of the molecule is COc1ccc2c(c1)N=[C]([Pb])N(C1CCCCC1)[CH]2[Pb]. The van der Waals surface area contributed by atoms with Crippen LogP contribution < -0.4 is 4.74 Å². The van der Waals surface area contributed by atoms with E-state index in [0.29, 0.717) is 3.60 Å². The number of hydrogen-bond acceptors (Lipinski definition) is 3. The summed E-state index contributed by atoms with van der Waals surface area (Å²) in [6.07, 6.45) is 6.90. The molecule has 1 fully saturated rings. The van der Waals surface area contributed by atoms with Crippen LogP contribution in [-0.2, 0) is 0 Å². The molecule has 0 saturated heterocycles. The molecule has 3 nitrogen and oxygen atoms in total. The predicted octanol–water partition coefficient (Wildman–Crippen LogP) is 2.67. The Bertz CT molecular complexity index is 527. The summed E-state index contributed by atoms with van der Waals surface area (Å²) in [5.74, 6) is 0.918. The predicted molar refractivity (Wildman–Crippen MR) is 83.1 cm³/mol. The molecule has 5 heteroatoms. The van der Waals surface area contributed by atoms with Crippen molar-refractivity contribution >= 4 is 60.6 Å². The second kappa shape index (κ2) is 6.62. The Morgan fingerprint density at radius 1 is 1.25 bits per heavy atom. The average Bonchev–Trinajstić information content (AvgIpc) is 2.47. The number of aliphatic imine (C=N–C) groups is 1. The molecule has 0 spiro atoms. The maximum atomic E-state index is 5.33. The Morgan fingerprint density at radius 2 is 2.00 bits per heavy atom. The van der Waals surface area contributed by atoms with Crippen molar-refractivity contribution in [3.63, 3.8) is 0 Å². The third kappa shape index (κ3) is 2.93. The Balaban J connectivity index is 1.93. The zero-order valence-electron chi connectivity index (χ0n) is 11.7. The van der Waals surface area contributed by atoms with Crippen molar-refractivity contribution in [3.05, 3.63) is 23.8 Å². The standard InChI is InChI=1S/C15H18N2O.2Pb/c1-18-14-8-7-12-10-17(11-16-15(12)9-14)13-5-3-2-4-6-13;;/h7-10,13H,2-6H2,1H3;;. The first kappa shape index (κ1) is 15.2. The minimum absolute atomic E-state index is 0.587. The van der Waals surface area contributed by atoms with Gasteiger partial charge in [-0.05, 0) is 0 Å². The van der Waals surface area contributed by atoms with Crippen LogP contribution in [0.2, 0.25) is 0 Å². The van der Waals surface area contributed by atoms with Gasteiger partial charge in [0.15, 0.2) is 0 Å². The molecule has 1 saturated carbocycles. The molecule has 102 valence electrons. The van der Waals surface area contributed by atoms with Gasteiger partial charge in [-0.1, -0.05) is 0 Å². The molecule has 1 aromatic rings. The van der Waals surface area contributed by atoms with Gasteiger partial charge in [0.1, 0.15) is 0 Å². The average molecular weight is 657 g/mol. The molecule has 2 aliphatic rings. The van der Waals surface area contributed by atoms with Crippen LogP contribution in [0.5, 0.6) is 5.75 Å². The van der Waals surface area contributed by atoms with E-state index in [0.717, 1.165) is 69.0 Å². The maximum absolute atomic E-state index is 5.33. The molecular formula is C15H18N2OPb2. The first-order valence-corrected chi connectivity index (χ1v) is 11.4. The molecule has 0 N–H and O–H groups in total. The molecule has 0 aromatic heterocycles. The molecule has 1 aliphatic carbocycles. The Hall–Kier alpha value is 0.334. The fourth-order valence-electron chi connectivity index (χ4n) is 3.17. The van der Waals surface area contributed by atoms with Crippen LogP contribution in [0.25, 0.3) is 0 Å². The zero-order chi connectivity index (χ0) is 14.1. The van der Waals surface area contributed by atoms with Crippen LogP contribution >= 0.6 is 0 Å². The first-order chi connectivity index (χ1) is 9.70. The summed E-state index contributed by atoms with van der Waals surface area (Å²) in [6.45, 7) is 0. The summed E-state index contributed by atoms with van der Waals surface area (Å²) >= 11 is 2.19. The first-order valence-electron chi connectivity index (χ1n) is 7.18. The van der Waals surface area contributed by atoms with E-state index in [1.807, 2.05) is 0 Å². The number of rotatable bonds is 2. The van der Waals surface area contributed by atoms with E-state index < -0.39 is 0 Å². The van der Waals surface area contributed by atoms with Crippen molar-refractivity contribution in [3.8, 4) is 5.75 Å². The second-order valence-electron chi connectivity index (χ2n) is 5.46. The molecule has 1 aromatic carbocycles. The fourth-order valence-corrected chi connectivity index (χ4v) is 9.04. The fraction of sp³-hybridized carbons (Fsp3) is 0.533. The molecule has 3 rings (SSSR count). The number of fused-ring (bicyclic) bond motifs is 1. The Kier molecular flexibility index (Phi) is 5.04. The van der Waals surface area contributed by atoms with Crippen molar-refractivity contribution in [2.75, 3.05) is 7.11 Å². The van der Waals surface area contributed by atoms with Crippen LogP contribution in [0.15, 0.2) is 23.2 Å². The molecule has 1 aliphatic heterocycles. The summed E-state index contributed by atoms with van der Waals surface area (Å²) in [6, 6.07) is 7.13. The van der Waals surface area contributed by atoms with E-state index in [1.165, 1.54) is 41.1 Å². The van der Waals surface area contributed by atoms with Crippen molar-refractivity contribution in [2.24, 2.45) is 4.99 Å². The normalized spacial score (nSPS) is 23.2. The van der Waals surface area contributed by atoms with Crippen molar-refractivity contribution in [1.82, 2.24) is 4.90 Å². The summed E-state index contributed by atoms with van der Waals surface area (Å²) < 4.78 is 7.25. The summed E-state index contributed by atoms with van der Waals surface area (Å²) in [4.78, 5) is 7.57. The quantitative estimate of drug-likeness (QED) is 0.458. The van der Waals surface area contributed by atoms with E-state index in [1.54, 1.807) is 7.11 Å². The van der Waals surface area contributed by atoms with Gasteiger partial charge in [0, 0.05) is 0 Å². The van der Waals surface area contributed by atoms with Crippen molar-refractivity contribution in [1.29, 1.82) is 0 Å². The van der Waals surface area contributed by atoms with Crippen LogP contribution in [-0.4, -0.2) is 73.0 Å². The van der Waals surface area contributed by atoms with Crippen LogP contribution in [0.4, 0.5) is 5.69 Å². The minimum atomic E-state index is 0.587. The number of methoxy groups -OCH3 is 1. The number of benzene rings is 1. The third-order valence-electron chi connectivity index (χ3n) is 4.25. The topological polar surface area (TPSA) is 24.8 Å². The second-order valence-corrected chi connectivity index (χ2v) is 9.33. The summed E-state index contributed by atoms with van der Waals surface area (Å²) in [5.41, 5.74) is 2.55. The van der Waals surface area contributed by atoms with E-state index in [2.05, 4.69) is 23.1 Å². The molecule has 0 amide bonds. The number of ether oxygens (including phenoxy) is 1. The van der Waals surface area contributed by atoms with E-state index in [9.17, 15) is 0 Å². The molecule has 6 radical (unpaired) electrons. The number of hydrogen-bond donors (Lipinski definition) is 0. The van der Waals surface area contributed by atoms with Gasteiger partial charge in [-0.3, -0.25) is 0 Å². The van der Waals surface area contributed by atoms with Gasteiger partial charge in [0.05, 0.1) is 0 Å². The zero-order valence-corrected chi connectivity index (χ0v) is 19.5. The van der Waals surface area contributed by atoms with Gasteiger partial charge < -0.3 is 0 Å². The monoisotopic (exact) mass is 658 g/mol. The summed E-state index contributed by atoms with van der Waals surface area (Å²) in [7, 11) is 1.72. The third-order valence-corrected chi connectivity index (χ3v) is 7.98. The molecule has 20 heavy (non-hydrogen) atoms. The Morgan fingerprint density at radius 3 is 2.70 bits per heavy atom. The number of amidine groups is 1. The van der Waals surface area contributed by atoms with Crippen LogP contribution in [0, 0.1) is 0 Å². The van der Waals surface area contributed by atoms with Crippen LogP contribution in [0.3, 0.4) is 0 Å². The molecule has 1 unspecified atom stereocenters. The van der Waals surface area contributed by atoms with Gasteiger partial charge in [-0.15, -0.1) is 0 Å². The molecule has 1 atom stereocenters. The molecular weight excluding hydrogens is 639 g/mol. The van der Waals surface area contributed by atoms with Gasteiger partial charge in [-0.25, -0.2) is 0 Å². The molecule has 0 bridgehead atoms. The van der Waals surface area contributed by atoms with Gasteiger partial charge in [-0.2, -0.15) is 0 Å². The number of nitrogens with zero attached hydrogens (tertiary/aromatic N) is 2. The summed E-state index contributed by atoms with van der Waals surface area (Å²) in [5, 5.41) is 0. The van der Waals surface area contributed by atoms with Crippen LogP contribution in [0.1, 0.15) is 41.3 Å². The van der Waals surface area contributed by atoms with Crippen molar-refractivity contribution < 1.29 is 4.74 Å². The van der Waals surface area contributed by atoms with Gasteiger partial charge >= 0.3 is 154 Å².